The maximum Gasteiger partial charge on any atom is 0.295 e. The summed E-state index contributed by atoms with van der Waals surface area (Å²) in [6, 6.07) is 2.34. The molecule has 0 aliphatic carbocycles. The Morgan fingerprint density at radius 1 is 1.55 bits per heavy atom. The molecule has 0 fully saturated rings. The Labute approximate surface area is 61.8 Å². The smallest absolute Gasteiger partial charge is 0.295 e. The molecule has 0 aliphatic heterocycles. The zero-order valence-electron chi connectivity index (χ0n) is 5.80. The van der Waals surface area contributed by atoms with Crippen molar-refractivity contribution in [2.24, 2.45) is 0 Å². The van der Waals surface area contributed by atoms with Gasteiger partial charge < -0.3 is 4.42 Å². The maximum absolute atomic E-state index is 11.8. The number of hydrogen-bond donors (Lipinski definition) is 0. The molecule has 0 unspecified atom stereocenters. The summed E-state index contributed by atoms with van der Waals surface area (Å²) in [5.41, 5.74) is 0. The van der Waals surface area contributed by atoms with E-state index in [1.807, 2.05) is 0 Å². The minimum absolute atomic E-state index is 0.0275. The van der Waals surface area contributed by atoms with Crippen molar-refractivity contribution in [2.75, 3.05) is 0 Å². The van der Waals surface area contributed by atoms with Crippen LogP contribution in [-0.2, 0) is 0 Å². The molecule has 0 saturated carbocycles. The predicted octanol–water partition coefficient (Wildman–Crippen LogP) is 2.42. The molecule has 2 nitrogen and oxygen atoms in total. The molecule has 11 heavy (non-hydrogen) atoms. The number of ketones is 1. The number of alkyl halides is 2. The summed E-state index contributed by atoms with van der Waals surface area (Å²) in [7, 11) is 0. The topological polar surface area (TPSA) is 30.2 Å². The highest BCUT2D eigenvalue weighted by atomic mass is 19.3. The van der Waals surface area contributed by atoms with Crippen LogP contribution >= 0.6 is 0 Å². The molecule has 0 spiro atoms. The van der Waals surface area contributed by atoms with Crippen molar-refractivity contribution < 1.29 is 18.0 Å². The Morgan fingerprint density at radius 3 is 2.45 bits per heavy atom. The lowest BCUT2D eigenvalue weighted by atomic mass is 10.3. The molecule has 1 aromatic heterocycles. The zero-order chi connectivity index (χ0) is 8.43. The van der Waals surface area contributed by atoms with Crippen LogP contribution in [0.15, 0.2) is 16.5 Å². The van der Waals surface area contributed by atoms with Crippen molar-refractivity contribution >= 4 is 5.78 Å². The van der Waals surface area contributed by atoms with E-state index in [9.17, 15) is 13.6 Å². The molecule has 1 rings (SSSR count). The van der Waals surface area contributed by atoms with Gasteiger partial charge in [-0.3, -0.25) is 4.79 Å². The summed E-state index contributed by atoms with van der Waals surface area (Å²) in [4.78, 5) is 10.5. The number of carbonyl (C=O) groups excluding carboxylic acids is 1. The quantitative estimate of drug-likeness (QED) is 0.622. The summed E-state index contributed by atoms with van der Waals surface area (Å²) in [5, 5.41) is 0. The third kappa shape index (κ3) is 1.63. The number of furan rings is 1. The van der Waals surface area contributed by atoms with Gasteiger partial charge in [0.2, 0.25) is 0 Å². The lowest BCUT2D eigenvalue weighted by Crippen LogP contribution is -1.86. The summed E-state index contributed by atoms with van der Waals surface area (Å²) in [6.07, 6.45) is -2.65. The SMILES string of the molecule is CC(=O)c1ccc(C(F)F)o1. The van der Waals surface area contributed by atoms with Gasteiger partial charge in [-0.15, -0.1) is 0 Å². The van der Waals surface area contributed by atoms with Gasteiger partial charge in [-0.1, -0.05) is 0 Å². The molecule has 0 aromatic carbocycles. The summed E-state index contributed by atoms with van der Waals surface area (Å²) in [5.74, 6) is -0.840. The number of Topliss-reactive ketones (excluding diaryl/α,β-unsaturated/α-hetero) is 1. The molecule has 0 bridgehead atoms. The fraction of sp³-hybridized carbons (Fsp3) is 0.286. The minimum Gasteiger partial charge on any atom is -0.452 e. The van der Waals surface area contributed by atoms with Crippen LogP contribution in [0.4, 0.5) is 8.78 Å². The first-order chi connectivity index (χ1) is 5.11. The minimum atomic E-state index is -2.65. The Balaban J connectivity index is 2.90. The first-order valence-electron chi connectivity index (χ1n) is 3.00. The molecule has 1 heterocycles. The Bertz CT molecular complexity index is 265. The molecule has 0 saturated heterocycles. The molecular formula is C7H6F2O2. The standard InChI is InChI=1S/C7H6F2O2/c1-4(10)5-2-3-6(11-5)7(8)9/h2-3,7H,1H3. The van der Waals surface area contributed by atoms with E-state index in [-0.39, 0.29) is 11.5 Å². The van der Waals surface area contributed by atoms with E-state index < -0.39 is 12.2 Å². The van der Waals surface area contributed by atoms with E-state index in [0.717, 1.165) is 6.07 Å². The van der Waals surface area contributed by atoms with Gasteiger partial charge in [0, 0.05) is 6.92 Å². The number of halogens is 2. The molecule has 0 N–H and O–H groups in total. The van der Waals surface area contributed by atoms with Crippen molar-refractivity contribution in [3.05, 3.63) is 23.7 Å². The largest absolute Gasteiger partial charge is 0.452 e. The molecule has 0 aliphatic rings. The molecule has 0 atom stereocenters. The van der Waals surface area contributed by atoms with Gasteiger partial charge in [-0.2, -0.15) is 0 Å². The van der Waals surface area contributed by atoms with Gasteiger partial charge in [0.1, 0.15) is 0 Å². The summed E-state index contributed by atoms with van der Waals surface area (Å²) >= 11 is 0. The number of hydrogen-bond acceptors (Lipinski definition) is 2. The third-order valence-corrected chi connectivity index (χ3v) is 1.19. The van der Waals surface area contributed by atoms with E-state index in [1.165, 1.54) is 13.0 Å². The normalized spacial score (nSPS) is 10.5. The average Bonchev–Trinajstić information content (AvgIpc) is 2.33. The van der Waals surface area contributed by atoms with Crippen molar-refractivity contribution in [1.82, 2.24) is 0 Å². The van der Waals surface area contributed by atoms with Crippen LogP contribution in [0.2, 0.25) is 0 Å². The van der Waals surface area contributed by atoms with Gasteiger partial charge in [0.15, 0.2) is 17.3 Å². The summed E-state index contributed by atoms with van der Waals surface area (Å²) in [6.45, 7) is 1.26. The molecule has 0 amide bonds. The van der Waals surface area contributed by atoms with Crippen LogP contribution in [0, 0.1) is 0 Å². The number of carbonyl (C=O) groups is 1. The van der Waals surface area contributed by atoms with Crippen LogP contribution in [-0.4, -0.2) is 5.78 Å². The second kappa shape index (κ2) is 2.82. The molecule has 4 heteroatoms. The highest BCUT2D eigenvalue weighted by molar-refractivity contribution is 5.91. The van der Waals surface area contributed by atoms with Crippen LogP contribution in [0.1, 0.15) is 29.7 Å². The van der Waals surface area contributed by atoms with Crippen LogP contribution in [0.25, 0.3) is 0 Å². The molecule has 1 aromatic rings. The predicted molar refractivity (Wildman–Crippen MR) is 33.7 cm³/mol. The average molecular weight is 160 g/mol. The lowest BCUT2D eigenvalue weighted by molar-refractivity contribution is 0.0955. The van der Waals surface area contributed by atoms with E-state index in [0.29, 0.717) is 0 Å². The van der Waals surface area contributed by atoms with Crippen molar-refractivity contribution in [1.29, 1.82) is 0 Å². The van der Waals surface area contributed by atoms with Crippen LogP contribution < -0.4 is 0 Å². The first-order valence-corrected chi connectivity index (χ1v) is 3.00. The van der Waals surface area contributed by atoms with Gasteiger partial charge in [0.25, 0.3) is 6.43 Å². The van der Waals surface area contributed by atoms with E-state index in [1.54, 1.807) is 0 Å². The van der Waals surface area contributed by atoms with E-state index in [2.05, 4.69) is 4.42 Å². The highest BCUT2D eigenvalue weighted by Gasteiger charge is 2.13. The fourth-order valence-corrected chi connectivity index (χ4v) is 0.659. The van der Waals surface area contributed by atoms with Crippen molar-refractivity contribution in [3.8, 4) is 0 Å². The first kappa shape index (κ1) is 7.91. The van der Waals surface area contributed by atoms with Crippen LogP contribution in [0.5, 0.6) is 0 Å². The Kier molecular flexibility index (Phi) is 2.03. The second-order valence-electron chi connectivity index (χ2n) is 2.06. The second-order valence-corrected chi connectivity index (χ2v) is 2.06. The van der Waals surface area contributed by atoms with Gasteiger partial charge >= 0.3 is 0 Å². The lowest BCUT2D eigenvalue weighted by Gasteiger charge is -1.90. The highest BCUT2D eigenvalue weighted by Crippen LogP contribution is 2.20. The third-order valence-electron chi connectivity index (χ3n) is 1.19. The molecule has 0 radical (unpaired) electrons. The maximum atomic E-state index is 11.8. The monoisotopic (exact) mass is 160 g/mol. The summed E-state index contributed by atoms with van der Waals surface area (Å²) < 4.78 is 28.2. The molecular weight excluding hydrogens is 154 g/mol. The zero-order valence-corrected chi connectivity index (χ0v) is 5.80. The van der Waals surface area contributed by atoms with Gasteiger partial charge in [-0.25, -0.2) is 8.78 Å². The van der Waals surface area contributed by atoms with E-state index >= 15 is 0 Å². The Hall–Kier alpha value is -1.19. The van der Waals surface area contributed by atoms with E-state index in [4.69, 9.17) is 0 Å². The number of rotatable bonds is 2. The fourth-order valence-electron chi connectivity index (χ4n) is 0.659. The van der Waals surface area contributed by atoms with Crippen molar-refractivity contribution in [2.45, 2.75) is 13.3 Å². The molecule has 60 valence electrons. The van der Waals surface area contributed by atoms with Crippen molar-refractivity contribution in [3.63, 3.8) is 0 Å². The Morgan fingerprint density at radius 2 is 2.18 bits per heavy atom. The van der Waals surface area contributed by atoms with Crippen LogP contribution in [0.3, 0.4) is 0 Å². The van der Waals surface area contributed by atoms with Gasteiger partial charge in [0.05, 0.1) is 0 Å². The van der Waals surface area contributed by atoms with Gasteiger partial charge in [-0.05, 0) is 12.1 Å².